The summed E-state index contributed by atoms with van der Waals surface area (Å²) in [4.78, 5) is 8.62. The molecule has 0 amide bonds. The minimum absolute atomic E-state index is 0.343. The summed E-state index contributed by atoms with van der Waals surface area (Å²) in [6, 6.07) is 3.60. The lowest BCUT2D eigenvalue weighted by molar-refractivity contribution is 0.370. The van der Waals surface area contributed by atoms with E-state index in [4.69, 9.17) is 0 Å². The zero-order chi connectivity index (χ0) is 15.9. The van der Waals surface area contributed by atoms with Crippen LogP contribution in [0.25, 0.3) is 0 Å². The van der Waals surface area contributed by atoms with Gasteiger partial charge >= 0.3 is 0 Å². The Kier molecular flexibility index (Phi) is 5.98. The summed E-state index contributed by atoms with van der Waals surface area (Å²) in [5, 5.41) is 3.29. The molecule has 0 radical (unpaired) electrons. The number of nitrogens with one attached hydrogen (secondary N) is 1. The van der Waals surface area contributed by atoms with Gasteiger partial charge < -0.3 is 15.1 Å². The topological polar surface area (TPSA) is 30.9 Å². The molecule has 0 atom stereocenters. The molecule has 6 heteroatoms. The van der Waals surface area contributed by atoms with Crippen molar-refractivity contribution in [2.75, 3.05) is 44.2 Å². The summed E-state index contributed by atoms with van der Waals surface area (Å²) < 4.78 is 27.2. The van der Waals surface area contributed by atoms with Crippen LogP contribution in [0, 0.1) is 11.6 Å². The number of piperazine rings is 1. The summed E-state index contributed by atoms with van der Waals surface area (Å²) in [6.45, 7) is 8.53. The molecule has 0 aromatic heterocycles. The maximum atomic E-state index is 13.8. The first-order chi connectivity index (χ1) is 10.7. The molecule has 2 rings (SSSR count). The quantitative estimate of drug-likeness (QED) is 0.684. The van der Waals surface area contributed by atoms with Crippen molar-refractivity contribution in [1.82, 2.24) is 10.2 Å². The molecule has 0 bridgehead atoms. The second kappa shape index (κ2) is 7.96. The van der Waals surface area contributed by atoms with Gasteiger partial charge in [-0.15, -0.1) is 0 Å². The van der Waals surface area contributed by atoms with Gasteiger partial charge in [-0.3, -0.25) is 4.99 Å². The van der Waals surface area contributed by atoms with E-state index in [0.717, 1.165) is 44.6 Å². The largest absolute Gasteiger partial charge is 0.366 e. The number of halogens is 2. The Morgan fingerprint density at radius 2 is 1.91 bits per heavy atom. The van der Waals surface area contributed by atoms with E-state index in [1.165, 1.54) is 12.1 Å². The Morgan fingerprint density at radius 3 is 2.55 bits per heavy atom. The van der Waals surface area contributed by atoms with Crippen LogP contribution in [0.5, 0.6) is 0 Å². The molecule has 1 aromatic rings. The summed E-state index contributed by atoms with van der Waals surface area (Å²) in [5.74, 6) is 0.127. The number of benzene rings is 1. The van der Waals surface area contributed by atoms with E-state index < -0.39 is 5.82 Å². The van der Waals surface area contributed by atoms with Crippen molar-refractivity contribution in [1.29, 1.82) is 0 Å². The number of guanidine groups is 1. The lowest BCUT2D eigenvalue weighted by atomic mass is 10.2. The second-order valence-corrected chi connectivity index (χ2v) is 5.31. The zero-order valence-electron chi connectivity index (χ0n) is 13.3. The van der Waals surface area contributed by atoms with Gasteiger partial charge in [-0.2, -0.15) is 0 Å². The second-order valence-electron chi connectivity index (χ2n) is 5.31. The van der Waals surface area contributed by atoms with Crippen LogP contribution in [-0.4, -0.2) is 50.1 Å². The predicted octanol–water partition coefficient (Wildman–Crippen LogP) is 2.46. The van der Waals surface area contributed by atoms with E-state index in [0.29, 0.717) is 18.8 Å². The molecule has 1 heterocycles. The number of rotatable bonds is 4. The molecule has 1 aliphatic rings. The van der Waals surface area contributed by atoms with Crippen molar-refractivity contribution < 1.29 is 8.78 Å². The maximum absolute atomic E-state index is 13.8. The molecular formula is C16H24F2N4. The van der Waals surface area contributed by atoms with Gasteiger partial charge in [0.1, 0.15) is 11.6 Å². The van der Waals surface area contributed by atoms with Crippen LogP contribution >= 0.6 is 0 Å². The molecule has 1 fully saturated rings. The first-order valence-corrected chi connectivity index (χ1v) is 7.89. The number of hydrogen-bond acceptors (Lipinski definition) is 2. The van der Waals surface area contributed by atoms with E-state index in [2.05, 4.69) is 22.1 Å². The van der Waals surface area contributed by atoms with Crippen LogP contribution in [0.15, 0.2) is 23.2 Å². The van der Waals surface area contributed by atoms with E-state index in [1.54, 1.807) is 0 Å². The van der Waals surface area contributed by atoms with Crippen LogP contribution in [0.2, 0.25) is 0 Å². The minimum atomic E-state index is -0.406. The first-order valence-electron chi connectivity index (χ1n) is 7.89. The molecule has 22 heavy (non-hydrogen) atoms. The molecule has 4 nitrogen and oxygen atoms in total. The predicted molar refractivity (Wildman–Crippen MR) is 86.4 cm³/mol. The summed E-state index contributed by atoms with van der Waals surface area (Å²) in [7, 11) is 0. The maximum Gasteiger partial charge on any atom is 0.194 e. The van der Waals surface area contributed by atoms with E-state index in [-0.39, 0.29) is 5.82 Å². The molecule has 1 aliphatic heterocycles. The number of anilines is 1. The molecule has 0 unspecified atom stereocenters. The Balaban J connectivity index is 2.01. The third-order valence-corrected chi connectivity index (χ3v) is 3.65. The number of hydrogen-bond donors (Lipinski definition) is 1. The van der Waals surface area contributed by atoms with Crippen molar-refractivity contribution in [2.45, 2.75) is 20.3 Å². The fourth-order valence-electron chi connectivity index (χ4n) is 2.53. The first kappa shape index (κ1) is 16.5. The van der Waals surface area contributed by atoms with Crippen LogP contribution in [0.1, 0.15) is 20.3 Å². The minimum Gasteiger partial charge on any atom is -0.366 e. The lowest BCUT2D eigenvalue weighted by Gasteiger charge is -2.37. The SMILES string of the molecule is CCCN=C(NCC)N1CCN(c2cc(F)ccc2F)CC1. The molecule has 0 saturated carbocycles. The fraction of sp³-hybridized carbons (Fsp3) is 0.562. The Morgan fingerprint density at radius 1 is 1.18 bits per heavy atom. The van der Waals surface area contributed by atoms with Gasteiger partial charge in [-0.25, -0.2) is 8.78 Å². The Hall–Kier alpha value is -1.85. The van der Waals surface area contributed by atoms with Crippen LogP contribution in [-0.2, 0) is 0 Å². The number of nitrogens with zero attached hydrogens (tertiary/aromatic N) is 3. The van der Waals surface area contributed by atoms with E-state index in [9.17, 15) is 8.78 Å². The molecule has 0 aliphatic carbocycles. The fourth-order valence-corrected chi connectivity index (χ4v) is 2.53. The molecular weight excluding hydrogens is 286 g/mol. The normalized spacial score (nSPS) is 16.1. The smallest absolute Gasteiger partial charge is 0.194 e. The van der Waals surface area contributed by atoms with E-state index in [1.807, 2.05) is 11.8 Å². The van der Waals surface area contributed by atoms with Gasteiger partial charge in [-0.1, -0.05) is 6.92 Å². The Bertz CT molecular complexity index is 511. The molecule has 0 spiro atoms. The number of aliphatic imine (C=N–C) groups is 1. The molecule has 122 valence electrons. The van der Waals surface area contributed by atoms with Crippen LogP contribution < -0.4 is 10.2 Å². The van der Waals surface area contributed by atoms with Gasteiger partial charge in [0.25, 0.3) is 0 Å². The van der Waals surface area contributed by atoms with E-state index >= 15 is 0 Å². The third kappa shape index (κ3) is 4.08. The summed E-state index contributed by atoms with van der Waals surface area (Å²) in [5.41, 5.74) is 0.343. The lowest BCUT2D eigenvalue weighted by Crippen LogP contribution is -2.52. The average molecular weight is 310 g/mol. The van der Waals surface area contributed by atoms with Crippen molar-refractivity contribution in [3.8, 4) is 0 Å². The van der Waals surface area contributed by atoms with Crippen molar-refractivity contribution in [2.24, 2.45) is 4.99 Å². The molecule has 1 saturated heterocycles. The summed E-state index contributed by atoms with van der Waals surface area (Å²) >= 11 is 0. The van der Waals surface area contributed by atoms with Crippen molar-refractivity contribution in [3.63, 3.8) is 0 Å². The van der Waals surface area contributed by atoms with Gasteiger partial charge in [0, 0.05) is 45.3 Å². The highest BCUT2D eigenvalue weighted by molar-refractivity contribution is 5.80. The third-order valence-electron chi connectivity index (χ3n) is 3.65. The molecule has 1 N–H and O–H groups in total. The van der Waals surface area contributed by atoms with Gasteiger partial charge in [0.05, 0.1) is 5.69 Å². The van der Waals surface area contributed by atoms with Gasteiger partial charge in [0.2, 0.25) is 0 Å². The standard InChI is InChI=1S/C16H24F2N4/c1-3-7-20-16(19-4-2)22-10-8-21(9-11-22)15-12-13(17)5-6-14(15)18/h5-6,12H,3-4,7-11H2,1-2H3,(H,19,20). The zero-order valence-corrected chi connectivity index (χ0v) is 13.3. The van der Waals surface area contributed by atoms with Crippen LogP contribution in [0.4, 0.5) is 14.5 Å². The van der Waals surface area contributed by atoms with Crippen LogP contribution in [0.3, 0.4) is 0 Å². The molecule has 1 aromatic carbocycles. The highest BCUT2D eigenvalue weighted by atomic mass is 19.1. The Labute approximate surface area is 130 Å². The van der Waals surface area contributed by atoms with Crippen molar-refractivity contribution in [3.05, 3.63) is 29.8 Å². The van der Waals surface area contributed by atoms with Gasteiger partial charge in [0.15, 0.2) is 5.96 Å². The van der Waals surface area contributed by atoms with Crippen molar-refractivity contribution >= 4 is 11.6 Å². The highest BCUT2D eigenvalue weighted by Crippen LogP contribution is 2.21. The summed E-state index contributed by atoms with van der Waals surface area (Å²) in [6.07, 6.45) is 1.00. The monoisotopic (exact) mass is 310 g/mol. The average Bonchev–Trinajstić information content (AvgIpc) is 2.54. The highest BCUT2D eigenvalue weighted by Gasteiger charge is 2.21. The van der Waals surface area contributed by atoms with Gasteiger partial charge in [-0.05, 0) is 25.5 Å².